The summed E-state index contributed by atoms with van der Waals surface area (Å²) in [6.07, 6.45) is 0. The summed E-state index contributed by atoms with van der Waals surface area (Å²) in [5.41, 5.74) is 1.28. The standard InChI is InChI=1S/C14H16FNO2/c1-10-3-4-14(18-10)8-16(2)13-6-11(9-17)5-12(15)7-13/h3-7,17H,8-9H2,1-2H3. The number of anilines is 1. The van der Waals surface area contributed by atoms with Crippen LogP contribution in [-0.2, 0) is 13.2 Å². The van der Waals surface area contributed by atoms with Crippen molar-refractivity contribution in [3.8, 4) is 0 Å². The van der Waals surface area contributed by atoms with Crippen molar-refractivity contribution < 1.29 is 13.9 Å². The van der Waals surface area contributed by atoms with Crippen LogP contribution in [0.25, 0.3) is 0 Å². The first-order valence-electron chi connectivity index (χ1n) is 5.75. The number of aliphatic hydroxyl groups is 1. The molecule has 0 aliphatic carbocycles. The number of rotatable bonds is 4. The van der Waals surface area contributed by atoms with Crippen molar-refractivity contribution in [3.63, 3.8) is 0 Å². The second-order valence-corrected chi connectivity index (χ2v) is 4.34. The maximum atomic E-state index is 13.4. The molecule has 1 N–H and O–H groups in total. The molecule has 0 saturated heterocycles. The second kappa shape index (κ2) is 5.23. The zero-order valence-electron chi connectivity index (χ0n) is 10.5. The maximum Gasteiger partial charge on any atom is 0.125 e. The molecule has 0 radical (unpaired) electrons. The van der Waals surface area contributed by atoms with Crippen molar-refractivity contribution >= 4 is 5.69 Å². The van der Waals surface area contributed by atoms with Crippen LogP contribution in [0.4, 0.5) is 10.1 Å². The van der Waals surface area contributed by atoms with Gasteiger partial charge in [0.2, 0.25) is 0 Å². The first-order chi connectivity index (χ1) is 8.58. The average molecular weight is 249 g/mol. The van der Waals surface area contributed by atoms with E-state index in [4.69, 9.17) is 9.52 Å². The summed E-state index contributed by atoms with van der Waals surface area (Å²) in [5.74, 6) is 1.33. The molecule has 3 nitrogen and oxygen atoms in total. The van der Waals surface area contributed by atoms with Crippen LogP contribution in [0, 0.1) is 12.7 Å². The van der Waals surface area contributed by atoms with Crippen LogP contribution in [0.3, 0.4) is 0 Å². The average Bonchev–Trinajstić information content (AvgIpc) is 2.73. The minimum Gasteiger partial charge on any atom is -0.464 e. The van der Waals surface area contributed by atoms with Crippen LogP contribution >= 0.6 is 0 Å². The predicted molar refractivity (Wildman–Crippen MR) is 67.9 cm³/mol. The number of aryl methyl sites for hydroxylation is 1. The number of furan rings is 1. The van der Waals surface area contributed by atoms with E-state index in [0.29, 0.717) is 17.8 Å². The molecule has 1 aromatic heterocycles. The number of hydrogen-bond acceptors (Lipinski definition) is 3. The SMILES string of the molecule is Cc1ccc(CN(C)c2cc(F)cc(CO)c2)o1. The molecular weight excluding hydrogens is 233 g/mol. The molecule has 18 heavy (non-hydrogen) atoms. The van der Waals surface area contributed by atoms with E-state index in [-0.39, 0.29) is 12.4 Å². The summed E-state index contributed by atoms with van der Waals surface area (Å²) in [7, 11) is 1.85. The van der Waals surface area contributed by atoms with Gasteiger partial charge in [0.25, 0.3) is 0 Å². The third kappa shape index (κ3) is 2.90. The van der Waals surface area contributed by atoms with Gasteiger partial charge >= 0.3 is 0 Å². The van der Waals surface area contributed by atoms with Crippen LogP contribution in [0.2, 0.25) is 0 Å². The van der Waals surface area contributed by atoms with Gasteiger partial charge in [-0.25, -0.2) is 4.39 Å². The fraction of sp³-hybridized carbons (Fsp3) is 0.286. The van der Waals surface area contributed by atoms with E-state index in [9.17, 15) is 4.39 Å². The van der Waals surface area contributed by atoms with E-state index < -0.39 is 0 Å². The zero-order valence-corrected chi connectivity index (χ0v) is 10.5. The van der Waals surface area contributed by atoms with Crippen LogP contribution in [-0.4, -0.2) is 12.2 Å². The lowest BCUT2D eigenvalue weighted by Gasteiger charge is -2.18. The van der Waals surface area contributed by atoms with E-state index in [1.807, 2.05) is 31.0 Å². The van der Waals surface area contributed by atoms with Gasteiger partial charge in [0, 0.05) is 12.7 Å². The highest BCUT2D eigenvalue weighted by molar-refractivity contribution is 5.48. The van der Waals surface area contributed by atoms with E-state index in [2.05, 4.69) is 0 Å². The van der Waals surface area contributed by atoms with Gasteiger partial charge in [0.05, 0.1) is 13.2 Å². The Hall–Kier alpha value is -1.81. The normalized spacial score (nSPS) is 10.7. The summed E-state index contributed by atoms with van der Waals surface area (Å²) in [4.78, 5) is 1.88. The molecule has 0 spiro atoms. The monoisotopic (exact) mass is 249 g/mol. The molecule has 0 saturated carbocycles. The first kappa shape index (κ1) is 12.6. The van der Waals surface area contributed by atoms with Crippen LogP contribution in [0.1, 0.15) is 17.1 Å². The van der Waals surface area contributed by atoms with Gasteiger partial charge < -0.3 is 14.4 Å². The van der Waals surface area contributed by atoms with E-state index >= 15 is 0 Å². The molecule has 96 valence electrons. The van der Waals surface area contributed by atoms with Crippen molar-refractivity contribution in [2.45, 2.75) is 20.1 Å². The largest absolute Gasteiger partial charge is 0.464 e. The molecule has 1 heterocycles. The lowest BCUT2D eigenvalue weighted by molar-refractivity contribution is 0.281. The molecule has 1 aromatic carbocycles. The molecular formula is C14H16FNO2. The van der Waals surface area contributed by atoms with E-state index in [1.54, 1.807) is 6.07 Å². The fourth-order valence-corrected chi connectivity index (χ4v) is 1.84. The molecule has 0 atom stereocenters. The summed E-state index contributed by atoms with van der Waals surface area (Å²) in [6, 6.07) is 8.33. The number of hydrogen-bond donors (Lipinski definition) is 1. The third-order valence-electron chi connectivity index (χ3n) is 2.75. The Labute approximate surface area is 105 Å². The zero-order chi connectivity index (χ0) is 13.1. The minimum absolute atomic E-state index is 0.168. The third-order valence-corrected chi connectivity index (χ3v) is 2.75. The molecule has 0 unspecified atom stereocenters. The topological polar surface area (TPSA) is 36.6 Å². The van der Waals surface area contributed by atoms with Gasteiger partial charge in [0.15, 0.2) is 0 Å². The van der Waals surface area contributed by atoms with Crippen LogP contribution in [0.5, 0.6) is 0 Å². The van der Waals surface area contributed by atoms with E-state index in [0.717, 1.165) is 11.5 Å². The van der Waals surface area contributed by atoms with Crippen molar-refractivity contribution in [3.05, 3.63) is 53.2 Å². The van der Waals surface area contributed by atoms with Crippen LogP contribution < -0.4 is 4.90 Å². The van der Waals surface area contributed by atoms with Gasteiger partial charge in [0.1, 0.15) is 17.3 Å². The van der Waals surface area contributed by atoms with Crippen molar-refractivity contribution in [1.82, 2.24) is 0 Å². The highest BCUT2D eigenvalue weighted by Crippen LogP contribution is 2.20. The summed E-state index contributed by atoms with van der Waals surface area (Å²) >= 11 is 0. The highest BCUT2D eigenvalue weighted by Gasteiger charge is 2.08. The molecule has 0 fully saturated rings. The molecule has 0 bridgehead atoms. The number of halogens is 1. The second-order valence-electron chi connectivity index (χ2n) is 4.34. The Bertz CT molecular complexity index is 536. The Kier molecular flexibility index (Phi) is 3.67. The van der Waals surface area contributed by atoms with Gasteiger partial charge in [-0.15, -0.1) is 0 Å². The van der Waals surface area contributed by atoms with Crippen LogP contribution in [0.15, 0.2) is 34.7 Å². The summed E-state index contributed by atoms with van der Waals surface area (Å²) in [6.45, 7) is 2.27. The Morgan fingerprint density at radius 1 is 1.28 bits per heavy atom. The highest BCUT2D eigenvalue weighted by atomic mass is 19.1. The van der Waals surface area contributed by atoms with Gasteiger partial charge in [-0.2, -0.15) is 0 Å². The first-order valence-corrected chi connectivity index (χ1v) is 5.75. The quantitative estimate of drug-likeness (QED) is 0.905. The van der Waals surface area contributed by atoms with Crippen molar-refractivity contribution in [1.29, 1.82) is 0 Å². The molecule has 0 aliphatic heterocycles. The van der Waals surface area contributed by atoms with Crippen molar-refractivity contribution in [2.24, 2.45) is 0 Å². The smallest absolute Gasteiger partial charge is 0.125 e. The lowest BCUT2D eigenvalue weighted by Crippen LogP contribution is -2.16. The molecule has 0 amide bonds. The maximum absolute atomic E-state index is 13.4. The number of benzene rings is 1. The van der Waals surface area contributed by atoms with Gasteiger partial charge in [-0.3, -0.25) is 0 Å². The predicted octanol–water partition coefficient (Wildman–Crippen LogP) is 2.86. The number of aliphatic hydroxyl groups excluding tert-OH is 1. The van der Waals surface area contributed by atoms with Crippen molar-refractivity contribution in [2.75, 3.05) is 11.9 Å². The Morgan fingerprint density at radius 3 is 2.67 bits per heavy atom. The molecule has 0 aliphatic rings. The Balaban J connectivity index is 2.17. The molecule has 2 rings (SSSR count). The molecule has 4 heteroatoms. The summed E-state index contributed by atoms with van der Waals surface area (Å²) in [5, 5.41) is 9.06. The fourth-order valence-electron chi connectivity index (χ4n) is 1.84. The number of nitrogens with zero attached hydrogens (tertiary/aromatic N) is 1. The summed E-state index contributed by atoms with van der Waals surface area (Å²) < 4.78 is 18.8. The Morgan fingerprint density at radius 2 is 2.06 bits per heavy atom. The van der Waals surface area contributed by atoms with Gasteiger partial charge in [-0.1, -0.05) is 0 Å². The van der Waals surface area contributed by atoms with Gasteiger partial charge in [-0.05, 0) is 42.8 Å². The minimum atomic E-state index is -0.348. The van der Waals surface area contributed by atoms with E-state index in [1.165, 1.54) is 12.1 Å². The lowest BCUT2D eigenvalue weighted by atomic mass is 10.2. The molecule has 2 aromatic rings.